The van der Waals surface area contributed by atoms with Crippen LogP contribution in [0, 0.1) is 5.92 Å². The lowest BCUT2D eigenvalue weighted by atomic mass is 9.87. The van der Waals surface area contributed by atoms with Gasteiger partial charge < -0.3 is 14.4 Å². The predicted octanol–water partition coefficient (Wildman–Crippen LogP) is 3.75. The van der Waals surface area contributed by atoms with Crippen LogP contribution in [-0.2, 0) is 4.79 Å². The summed E-state index contributed by atoms with van der Waals surface area (Å²) in [5, 5.41) is 0. The van der Waals surface area contributed by atoms with Gasteiger partial charge in [0.2, 0.25) is 5.91 Å². The molecule has 0 heterocycles. The highest BCUT2D eigenvalue weighted by atomic mass is 16.5. The molecule has 0 aliphatic heterocycles. The van der Waals surface area contributed by atoms with Crippen LogP contribution < -0.4 is 9.47 Å². The fourth-order valence-electron chi connectivity index (χ4n) is 3.05. The number of amides is 1. The lowest BCUT2D eigenvalue weighted by Gasteiger charge is -2.33. The van der Waals surface area contributed by atoms with Gasteiger partial charge >= 0.3 is 0 Å². The Hall–Kier alpha value is -1.97. The standard InChI is InChI=1S/C19H27NO3/c1-14-5-9-16(10-6-14)20(2)19(21)12-8-15-7-11-17(22-3)18(13-15)23-4/h7-8,11-14,16H,5-6,9-10H2,1-4H3/b12-8+. The van der Waals surface area contributed by atoms with Crippen LogP contribution in [0.2, 0.25) is 0 Å². The molecule has 4 nitrogen and oxygen atoms in total. The molecule has 1 amide bonds. The Balaban J connectivity index is 2.00. The maximum atomic E-state index is 12.4. The molecule has 0 saturated heterocycles. The molecule has 2 rings (SSSR count). The molecule has 0 aromatic heterocycles. The van der Waals surface area contributed by atoms with Crippen LogP contribution in [0.1, 0.15) is 38.2 Å². The van der Waals surface area contributed by atoms with Gasteiger partial charge in [-0.25, -0.2) is 0 Å². The fraction of sp³-hybridized carbons (Fsp3) is 0.526. The molecule has 1 aliphatic carbocycles. The molecule has 0 N–H and O–H groups in total. The summed E-state index contributed by atoms with van der Waals surface area (Å²) in [5.41, 5.74) is 0.918. The molecule has 1 aromatic carbocycles. The van der Waals surface area contributed by atoms with Gasteiger partial charge in [0.05, 0.1) is 14.2 Å². The summed E-state index contributed by atoms with van der Waals surface area (Å²) in [6.45, 7) is 2.29. The van der Waals surface area contributed by atoms with E-state index in [4.69, 9.17) is 9.47 Å². The molecule has 0 atom stereocenters. The number of hydrogen-bond donors (Lipinski definition) is 0. The summed E-state index contributed by atoms with van der Waals surface area (Å²) in [7, 11) is 5.12. The first-order chi connectivity index (χ1) is 11.0. The third kappa shape index (κ3) is 4.50. The topological polar surface area (TPSA) is 38.8 Å². The first-order valence-corrected chi connectivity index (χ1v) is 8.22. The Bertz CT molecular complexity index is 560. The molecule has 0 bridgehead atoms. The third-order valence-corrected chi connectivity index (χ3v) is 4.71. The summed E-state index contributed by atoms with van der Waals surface area (Å²) >= 11 is 0. The summed E-state index contributed by atoms with van der Waals surface area (Å²) in [5.74, 6) is 2.19. The summed E-state index contributed by atoms with van der Waals surface area (Å²) in [4.78, 5) is 14.2. The molecule has 4 heteroatoms. The fourth-order valence-corrected chi connectivity index (χ4v) is 3.05. The molecular weight excluding hydrogens is 290 g/mol. The van der Waals surface area contributed by atoms with Crippen LogP contribution in [0.5, 0.6) is 11.5 Å². The van der Waals surface area contributed by atoms with Gasteiger partial charge in [-0.05, 0) is 55.4 Å². The van der Waals surface area contributed by atoms with Crippen molar-refractivity contribution in [2.45, 2.75) is 38.6 Å². The first-order valence-electron chi connectivity index (χ1n) is 8.22. The summed E-state index contributed by atoms with van der Waals surface area (Å²) in [6, 6.07) is 5.99. The number of carbonyl (C=O) groups excluding carboxylic acids is 1. The maximum absolute atomic E-state index is 12.4. The van der Waals surface area contributed by atoms with Crippen LogP contribution >= 0.6 is 0 Å². The summed E-state index contributed by atoms with van der Waals surface area (Å²) < 4.78 is 10.5. The zero-order valence-electron chi connectivity index (χ0n) is 14.5. The minimum absolute atomic E-state index is 0.0549. The lowest BCUT2D eigenvalue weighted by molar-refractivity contribution is -0.127. The average Bonchev–Trinajstić information content (AvgIpc) is 2.59. The van der Waals surface area contributed by atoms with E-state index >= 15 is 0 Å². The van der Waals surface area contributed by atoms with E-state index in [1.54, 1.807) is 20.3 Å². The number of hydrogen-bond acceptors (Lipinski definition) is 3. The first kappa shape index (κ1) is 17.4. The number of methoxy groups -OCH3 is 2. The molecule has 1 aromatic rings. The van der Waals surface area contributed by atoms with Gasteiger partial charge in [0.15, 0.2) is 11.5 Å². The number of ether oxygens (including phenoxy) is 2. The van der Waals surface area contributed by atoms with Gasteiger partial charge in [-0.3, -0.25) is 4.79 Å². The molecule has 126 valence electrons. The predicted molar refractivity (Wildman–Crippen MR) is 92.8 cm³/mol. The minimum Gasteiger partial charge on any atom is -0.493 e. The van der Waals surface area contributed by atoms with Gasteiger partial charge in [-0.2, -0.15) is 0 Å². The van der Waals surface area contributed by atoms with Crippen molar-refractivity contribution in [2.75, 3.05) is 21.3 Å². The molecule has 0 unspecified atom stereocenters. The molecular formula is C19H27NO3. The number of rotatable bonds is 5. The van der Waals surface area contributed by atoms with Crippen molar-refractivity contribution < 1.29 is 14.3 Å². The molecule has 0 radical (unpaired) electrons. The minimum atomic E-state index is 0.0549. The van der Waals surface area contributed by atoms with Gasteiger partial charge in [0, 0.05) is 19.2 Å². The number of likely N-dealkylation sites (N-methyl/N-ethyl adjacent to an activating group) is 1. The Morgan fingerprint density at radius 3 is 2.39 bits per heavy atom. The van der Waals surface area contributed by atoms with Crippen molar-refractivity contribution in [3.05, 3.63) is 29.8 Å². The highest BCUT2D eigenvalue weighted by molar-refractivity contribution is 5.91. The van der Waals surface area contributed by atoms with Crippen molar-refractivity contribution in [1.29, 1.82) is 0 Å². The van der Waals surface area contributed by atoms with Crippen molar-refractivity contribution >= 4 is 12.0 Å². The van der Waals surface area contributed by atoms with Crippen molar-refractivity contribution in [3.63, 3.8) is 0 Å². The zero-order chi connectivity index (χ0) is 16.8. The van der Waals surface area contributed by atoms with E-state index in [1.165, 1.54) is 12.8 Å². The van der Waals surface area contributed by atoms with Crippen LogP contribution in [-0.4, -0.2) is 38.1 Å². The lowest BCUT2D eigenvalue weighted by Crippen LogP contribution is -2.38. The normalized spacial score (nSPS) is 21.2. The SMILES string of the molecule is COc1ccc(/C=C/C(=O)N(C)C2CCC(C)CC2)cc1OC. The quantitative estimate of drug-likeness (QED) is 0.776. The second-order valence-corrected chi connectivity index (χ2v) is 6.31. The van der Waals surface area contributed by atoms with E-state index < -0.39 is 0 Å². The number of benzene rings is 1. The molecule has 1 fully saturated rings. The van der Waals surface area contributed by atoms with Crippen molar-refractivity contribution in [2.24, 2.45) is 5.92 Å². The van der Waals surface area contributed by atoms with Crippen LogP contribution in [0.3, 0.4) is 0 Å². The Kier molecular flexibility index (Phi) is 6.08. The van der Waals surface area contributed by atoms with Gasteiger partial charge in [0.1, 0.15) is 0 Å². The Labute approximate surface area is 139 Å². The average molecular weight is 317 g/mol. The number of nitrogens with zero attached hydrogens (tertiary/aromatic N) is 1. The largest absolute Gasteiger partial charge is 0.493 e. The van der Waals surface area contributed by atoms with E-state index in [0.717, 1.165) is 24.3 Å². The smallest absolute Gasteiger partial charge is 0.246 e. The van der Waals surface area contributed by atoms with Crippen LogP contribution in [0.25, 0.3) is 6.08 Å². The number of carbonyl (C=O) groups is 1. The molecule has 1 saturated carbocycles. The van der Waals surface area contributed by atoms with Gasteiger partial charge in [-0.15, -0.1) is 0 Å². The highest BCUT2D eigenvalue weighted by Crippen LogP contribution is 2.28. The second-order valence-electron chi connectivity index (χ2n) is 6.31. The maximum Gasteiger partial charge on any atom is 0.246 e. The second kappa shape index (κ2) is 8.04. The Morgan fingerprint density at radius 1 is 1.13 bits per heavy atom. The van der Waals surface area contributed by atoms with Crippen molar-refractivity contribution in [1.82, 2.24) is 4.90 Å². The van der Waals surface area contributed by atoms with Crippen LogP contribution in [0.15, 0.2) is 24.3 Å². The highest BCUT2D eigenvalue weighted by Gasteiger charge is 2.23. The monoisotopic (exact) mass is 317 g/mol. The van der Waals surface area contributed by atoms with Crippen LogP contribution in [0.4, 0.5) is 0 Å². The van der Waals surface area contributed by atoms with E-state index in [-0.39, 0.29) is 5.91 Å². The zero-order valence-corrected chi connectivity index (χ0v) is 14.5. The molecule has 23 heavy (non-hydrogen) atoms. The van der Waals surface area contributed by atoms with E-state index in [0.29, 0.717) is 17.5 Å². The molecule has 0 spiro atoms. The van der Waals surface area contributed by atoms with E-state index in [9.17, 15) is 4.79 Å². The van der Waals surface area contributed by atoms with E-state index in [2.05, 4.69) is 6.92 Å². The van der Waals surface area contributed by atoms with E-state index in [1.807, 2.05) is 36.2 Å². The third-order valence-electron chi connectivity index (χ3n) is 4.71. The van der Waals surface area contributed by atoms with Gasteiger partial charge in [0.25, 0.3) is 0 Å². The molecule has 1 aliphatic rings. The summed E-state index contributed by atoms with van der Waals surface area (Å²) in [6.07, 6.45) is 8.09. The Morgan fingerprint density at radius 2 is 1.78 bits per heavy atom. The van der Waals surface area contributed by atoms with Gasteiger partial charge in [-0.1, -0.05) is 13.0 Å². The van der Waals surface area contributed by atoms with Crippen molar-refractivity contribution in [3.8, 4) is 11.5 Å².